The number of hydrogen-bond acceptors (Lipinski definition) is 6. The second-order valence-corrected chi connectivity index (χ2v) is 6.94. The van der Waals surface area contributed by atoms with Gasteiger partial charge in [0.25, 0.3) is 5.91 Å². The standard InChI is InChI=1S/C22H22N2O5/c1-13-4-6-18(14(2)10-13)28-12-17-15(3)29-24-21(17)22(25)23-16-5-7-19-20(11-16)27-9-8-26-19/h4-7,10-11H,8-9,12H2,1-3H3,(H,23,25). The number of carbonyl (C=O) groups excluding carboxylic acids is 1. The quantitative estimate of drug-likeness (QED) is 0.698. The molecule has 7 nitrogen and oxygen atoms in total. The van der Waals surface area contributed by atoms with E-state index in [1.54, 1.807) is 25.1 Å². The maximum Gasteiger partial charge on any atom is 0.278 e. The van der Waals surface area contributed by atoms with Gasteiger partial charge >= 0.3 is 0 Å². The predicted octanol–water partition coefficient (Wildman–Crippen LogP) is 4.20. The lowest BCUT2D eigenvalue weighted by molar-refractivity contribution is 0.101. The monoisotopic (exact) mass is 394 g/mol. The van der Waals surface area contributed by atoms with Crippen molar-refractivity contribution in [1.82, 2.24) is 5.16 Å². The molecule has 3 aromatic rings. The van der Waals surface area contributed by atoms with Gasteiger partial charge in [0.15, 0.2) is 17.2 Å². The zero-order chi connectivity index (χ0) is 20.4. The van der Waals surface area contributed by atoms with Crippen LogP contribution < -0.4 is 19.5 Å². The van der Waals surface area contributed by atoms with E-state index in [-0.39, 0.29) is 18.2 Å². The normalized spacial score (nSPS) is 12.5. The van der Waals surface area contributed by atoms with E-state index in [1.807, 2.05) is 32.0 Å². The second kappa shape index (κ2) is 7.87. The van der Waals surface area contributed by atoms with Gasteiger partial charge in [-0.25, -0.2) is 0 Å². The zero-order valence-corrected chi connectivity index (χ0v) is 16.6. The van der Waals surface area contributed by atoms with Crippen molar-refractivity contribution in [2.24, 2.45) is 0 Å². The van der Waals surface area contributed by atoms with E-state index in [9.17, 15) is 4.79 Å². The highest BCUT2D eigenvalue weighted by atomic mass is 16.6. The summed E-state index contributed by atoms with van der Waals surface area (Å²) in [6, 6.07) is 11.2. The summed E-state index contributed by atoms with van der Waals surface area (Å²) < 4.78 is 22.2. The summed E-state index contributed by atoms with van der Waals surface area (Å²) in [5, 5.41) is 6.75. The minimum absolute atomic E-state index is 0.184. The van der Waals surface area contributed by atoms with E-state index in [2.05, 4.69) is 10.5 Å². The van der Waals surface area contributed by atoms with Crippen LogP contribution in [0.25, 0.3) is 0 Å². The van der Waals surface area contributed by atoms with Gasteiger partial charge < -0.3 is 24.1 Å². The van der Waals surface area contributed by atoms with E-state index < -0.39 is 0 Å². The van der Waals surface area contributed by atoms with Crippen LogP contribution in [0.4, 0.5) is 5.69 Å². The molecule has 0 saturated carbocycles. The number of fused-ring (bicyclic) bond motifs is 1. The first-order valence-electron chi connectivity index (χ1n) is 9.37. The lowest BCUT2D eigenvalue weighted by Crippen LogP contribution is -2.17. The fraction of sp³-hybridized carbons (Fsp3) is 0.273. The molecular weight excluding hydrogens is 372 g/mol. The highest BCUT2D eigenvalue weighted by Gasteiger charge is 2.21. The molecule has 2 heterocycles. The number of nitrogens with one attached hydrogen (secondary N) is 1. The van der Waals surface area contributed by atoms with Gasteiger partial charge in [-0.1, -0.05) is 22.9 Å². The van der Waals surface area contributed by atoms with E-state index >= 15 is 0 Å². The van der Waals surface area contributed by atoms with Crippen LogP contribution in [-0.2, 0) is 6.61 Å². The highest BCUT2D eigenvalue weighted by molar-refractivity contribution is 6.04. The van der Waals surface area contributed by atoms with E-state index in [0.29, 0.717) is 41.7 Å². The average molecular weight is 394 g/mol. The van der Waals surface area contributed by atoms with Crippen molar-refractivity contribution in [3.05, 3.63) is 64.5 Å². The molecule has 1 N–H and O–H groups in total. The molecule has 0 fully saturated rings. The third-order valence-electron chi connectivity index (χ3n) is 4.70. The molecule has 4 rings (SSSR count). The summed E-state index contributed by atoms with van der Waals surface area (Å²) in [5.41, 5.74) is 3.58. The molecule has 0 radical (unpaired) electrons. The molecule has 1 amide bonds. The molecule has 0 spiro atoms. The van der Waals surface area contributed by atoms with Crippen LogP contribution in [0.1, 0.15) is 32.9 Å². The van der Waals surface area contributed by atoms with Crippen LogP contribution in [-0.4, -0.2) is 24.3 Å². The van der Waals surface area contributed by atoms with Gasteiger partial charge in [0, 0.05) is 11.8 Å². The number of rotatable bonds is 5. The smallest absolute Gasteiger partial charge is 0.278 e. The lowest BCUT2D eigenvalue weighted by Gasteiger charge is -2.18. The molecule has 1 aromatic heterocycles. The first kappa shape index (κ1) is 18.9. The van der Waals surface area contributed by atoms with E-state index in [1.165, 1.54) is 0 Å². The maximum atomic E-state index is 12.8. The third-order valence-corrected chi connectivity index (χ3v) is 4.70. The molecule has 0 saturated heterocycles. The Morgan fingerprint density at radius 1 is 1.07 bits per heavy atom. The van der Waals surface area contributed by atoms with Crippen molar-refractivity contribution in [3.63, 3.8) is 0 Å². The van der Waals surface area contributed by atoms with E-state index in [4.69, 9.17) is 18.7 Å². The molecule has 1 aliphatic rings. The lowest BCUT2D eigenvalue weighted by atomic mass is 10.1. The summed E-state index contributed by atoms with van der Waals surface area (Å²) in [6.07, 6.45) is 0. The van der Waals surface area contributed by atoms with Crippen LogP contribution in [0, 0.1) is 20.8 Å². The van der Waals surface area contributed by atoms with Gasteiger partial charge in [-0.05, 0) is 44.5 Å². The minimum Gasteiger partial charge on any atom is -0.488 e. The van der Waals surface area contributed by atoms with Gasteiger partial charge in [-0.3, -0.25) is 4.79 Å². The number of amides is 1. The van der Waals surface area contributed by atoms with Crippen molar-refractivity contribution < 1.29 is 23.5 Å². The Hall–Kier alpha value is -3.48. The van der Waals surface area contributed by atoms with Crippen LogP contribution in [0.2, 0.25) is 0 Å². The first-order valence-corrected chi connectivity index (χ1v) is 9.37. The molecule has 7 heteroatoms. The number of benzene rings is 2. The van der Waals surface area contributed by atoms with Crippen molar-refractivity contribution in [3.8, 4) is 17.2 Å². The van der Waals surface area contributed by atoms with Crippen LogP contribution in [0.15, 0.2) is 40.9 Å². The van der Waals surface area contributed by atoms with Crippen molar-refractivity contribution >= 4 is 11.6 Å². The number of aryl methyl sites for hydroxylation is 3. The van der Waals surface area contributed by atoms with Crippen LogP contribution in [0.3, 0.4) is 0 Å². The van der Waals surface area contributed by atoms with Crippen molar-refractivity contribution in [2.45, 2.75) is 27.4 Å². The highest BCUT2D eigenvalue weighted by Crippen LogP contribution is 2.33. The number of hydrogen-bond donors (Lipinski definition) is 1. The van der Waals surface area contributed by atoms with Gasteiger partial charge in [0.05, 0.1) is 5.56 Å². The average Bonchev–Trinajstić information content (AvgIpc) is 3.08. The number of aromatic nitrogens is 1. The Morgan fingerprint density at radius 2 is 1.86 bits per heavy atom. The topological polar surface area (TPSA) is 82.8 Å². The zero-order valence-electron chi connectivity index (χ0n) is 16.6. The molecule has 0 unspecified atom stereocenters. The molecule has 0 atom stereocenters. The van der Waals surface area contributed by atoms with Crippen LogP contribution >= 0.6 is 0 Å². The fourth-order valence-electron chi connectivity index (χ4n) is 3.16. The summed E-state index contributed by atoms with van der Waals surface area (Å²) in [4.78, 5) is 12.8. The predicted molar refractivity (Wildman–Crippen MR) is 107 cm³/mol. The van der Waals surface area contributed by atoms with Gasteiger partial charge in [0.1, 0.15) is 31.3 Å². The van der Waals surface area contributed by atoms with Crippen molar-refractivity contribution in [1.29, 1.82) is 0 Å². The van der Waals surface area contributed by atoms with Gasteiger partial charge in [-0.2, -0.15) is 0 Å². The Balaban J connectivity index is 1.49. The molecule has 0 bridgehead atoms. The van der Waals surface area contributed by atoms with Gasteiger partial charge in [0.2, 0.25) is 0 Å². The Kier molecular flexibility index (Phi) is 5.12. The molecule has 29 heavy (non-hydrogen) atoms. The molecule has 1 aliphatic heterocycles. The summed E-state index contributed by atoms with van der Waals surface area (Å²) in [5.74, 6) is 2.19. The van der Waals surface area contributed by atoms with Crippen LogP contribution in [0.5, 0.6) is 17.2 Å². The molecule has 0 aliphatic carbocycles. The summed E-state index contributed by atoms with van der Waals surface area (Å²) in [7, 11) is 0. The second-order valence-electron chi connectivity index (χ2n) is 6.94. The Bertz CT molecular complexity index is 1060. The summed E-state index contributed by atoms with van der Waals surface area (Å²) in [6.45, 7) is 6.95. The Morgan fingerprint density at radius 3 is 2.66 bits per heavy atom. The Labute approximate surface area is 168 Å². The fourth-order valence-corrected chi connectivity index (χ4v) is 3.16. The molecule has 2 aromatic carbocycles. The summed E-state index contributed by atoms with van der Waals surface area (Å²) >= 11 is 0. The number of nitrogens with zero attached hydrogens (tertiary/aromatic N) is 1. The molecular formula is C22H22N2O5. The molecule has 150 valence electrons. The third kappa shape index (κ3) is 4.03. The van der Waals surface area contributed by atoms with Crippen molar-refractivity contribution in [2.75, 3.05) is 18.5 Å². The maximum absolute atomic E-state index is 12.8. The number of anilines is 1. The minimum atomic E-state index is -0.377. The number of carbonyl (C=O) groups is 1. The van der Waals surface area contributed by atoms with Gasteiger partial charge in [-0.15, -0.1) is 0 Å². The van der Waals surface area contributed by atoms with E-state index in [0.717, 1.165) is 16.9 Å². The number of ether oxygens (including phenoxy) is 3. The SMILES string of the molecule is Cc1ccc(OCc2c(C(=O)Nc3ccc4c(c3)OCCO4)noc2C)c(C)c1. The first-order chi connectivity index (χ1) is 14.0. The largest absolute Gasteiger partial charge is 0.488 e.